The summed E-state index contributed by atoms with van der Waals surface area (Å²) < 4.78 is 6.63. The summed E-state index contributed by atoms with van der Waals surface area (Å²) in [7, 11) is 2.11. The molecular weight excluding hydrogens is 258 g/mol. The molecule has 0 radical (unpaired) electrons. The van der Waals surface area contributed by atoms with E-state index in [1.54, 1.807) is 0 Å². The van der Waals surface area contributed by atoms with Crippen LogP contribution in [-0.2, 0) is 19.4 Å². The van der Waals surface area contributed by atoms with Gasteiger partial charge in [0, 0.05) is 56.9 Å². The van der Waals surface area contributed by atoms with Crippen molar-refractivity contribution in [3.05, 3.63) is 24.0 Å². The van der Waals surface area contributed by atoms with E-state index in [2.05, 4.69) is 44.0 Å². The van der Waals surface area contributed by atoms with E-state index in [0.29, 0.717) is 5.92 Å². The van der Waals surface area contributed by atoms with E-state index in [9.17, 15) is 0 Å². The Hall–Kier alpha value is -1.43. The summed E-state index contributed by atoms with van der Waals surface area (Å²) in [6.45, 7) is 4.20. The summed E-state index contributed by atoms with van der Waals surface area (Å²) in [4.78, 5) is 11.2. The number of hydrogen-bond acceptors (Lipinski definition) is 5. The molecule has 6 heteroatoms. The van der Waals surface area contributed by atoms with Gasteiger partial charge in [-0.15, -0.1) is 0 Å². The van der Waals surface area contributed by atoms with E-state index in [1.807, 2.05) is 6.20 Å². The van der Waals surface area contributed by atoms with Crippen LogP contribution in [0.5, 0.6) is 0 Å². The van der Waals surface area contributed by atoms with Gasteiger partial charge in [-0.05, 0) is 12.3 Å². The van der Waals surface area contributed by atoms with Gasteiger partial charge in [-0.2, -0.15) is 4.37 Å². The fourth-order valence-electron chi connectivity index (χ4n) is 2.59. The zero-order valence-electron chi connectivity index (χ0n) is 11.4. The molecule has 1 aliphatic heterocycles. The summed E-state index contributed by atoms with van der Waals surface area (Å²) in [6.07, 6.45) is 7.19. The van der Waals surface area contributed by atoms with Crippen LogP contribution in [0.25, 0.3) is 0 Å². The molecule has 0 bridgehead atoms. The number of aromatic nitrogens is 4. The second-order valence-corrected chi connectivity index (χ2v) is 5.86. The molecule has 2 aromatic rings. The van der Waals surface area contributed by atoms with Crippen LogP contribution in [0.15, 0.2) is 12.4 Å². The van der Waals surface area contributed by atoms with Crippen molar-refractivity contribution in [2.45, 2.75) is 32.7 Å². The van der Waals surface area contributed by atoms with Crippen molar-refractivity contribution in [1.29, 1.82) is 0 Å². The Morgan fingerprint density at radius 3 is 3.21 bits per heavy atom. The molecule has 0 saturated heterocycles. The third-order valence-electron chi connectivity index (χ3n) is 3.66. The predicted molar refractivity (Wildman–Crippen MR) is 76.6 cm³/mol. The van der Waals surface area contributed by atoms with Gasteiger partial charge in [-0.3, -0.25) is 0 Å². The topological polar surface area (TPSA) is 46.8 Å². The second-order valence-electron chi connectivity index (χ2n) is 5.13. The van der Waals surface area contributed by atoms with E-state index < -0.39 is 0 Å². The van der Waals surface area contributed by atoms with Gasteiger partial charge in [0.2, 0.25) is 5.13 Å². The minimum atomic E-state index is 0.667. The van der Waals surface area contributed by atoms with Gasteiger partial charge in [-0.1, -0.05) is 6.92 Å². The van der Waals surface area contributed by atoms with Crippen molar-refractivity contribution in [1.82, 2.24) is 18.9 Å². The van der Waals surface area contributed by atoms with Gasteiger partial charge in [0.15, 0.2) is 0 Å². The number of aryl methyl sites for hydroxylation is 2. The average molecular weight is 277 g/mol. The highest BCUT2D eigenvalue weighted by atomic mass is 32.1. The lowest BCUT2D eigenvalue weighted by molar-refractivity contribution is 0.369. The van der Waals surface area contributed by atoms with Gasteiger partial charge in [0.05, 0.1) is 0 Å². The third kappa shape index (κ3) is 2.63. The molecule has 19 heavy (non-hydrogen) atoms. The summed E-state index contributed by atoms with van der Waals surface area (Å²) in [5.74, 6) is 2.84. The summed E-state index contributed by atoms with van der Waals surface area (Å²) in [5, 5.41) is 1.04. The maximum atomic E-state index is 4.54. The Morgan fingerprint density at radius 1 is 1.53 bits per heavy atom. The van der Waals surface area contributed by atoms with E-state index in [-0.39, 0.29) is 0 Å². The standard InChI is InChI=1S/C13H19N5S/c1-3-11-15-13(19-16-11)17(2)8-10-4-5-12-14-6-7-18(12)9-10/h6-7,10H,3-5,8-9H2,1-2H3/t10-/m0/s1. The number of imidazole rings is 1. The molecule has 3 rings (SSSR count). The summed E-state index contributed by atoms with van der Waals surface area (Å²) in [5.41, 5.74) is 0. The van der Waals surface area contributed by atoms with Crippen LogP contribution in [0.4, 0.5) is 5.13 Å². The first-order valence-electron chi connectivity index (χ1n) is 6.80. The highest BCUT2D eigenvalue weighted by molar-refractivity contribution is 7.09. The first kappa shape index (κ1) is 12.6. The van der Waals surface area contributed by atoms with E-state index >= 15 is 0 Å². The molecule has 1 aliphatic rings. The molecule has 1 atom stereocenters. The molecule has 0 amide bonds. The van der Waals surface area contributed by atoms with Gasteiger partial charge in [0.25, 0.3) is 0 Å². The van der Waals surface area contributed by atoms with Crippen molar-refractivity contribution in [3.8, 4) is 0 Å². The fraction of sp³-hybridized carbons (Fsp3) is 0.615. The van der Waals surface area contributed by atoms with Crippen LogP contribution in [0.3, 0.4) is 0 Å². The molecule has 5 nitrogen and oxygen atoms in total. The maximum absolute atomic E-state index is 4.54. The number of anilines is 1. The van der Waals surface area contributed by atoms with Crippen LogP contribution in [0, 0.1) is 5.92 Å². The third-order valence-corrected chi connectivity index (χ3v) is 4.53. The zero-order chi connectivity index (χ0) is 13.2. The average Bonchev–Trinajstić information content (AvgIpc) is 3.06. The van der Waals surface area contributed by atoms with Gasteiger partial charge in [-0.25, -0.2) is 9.97 Å². The van der Waals surface area contributed by atoms with Crippen LogP contribution >= 0.6 is 11.5 Å². The number of hydrogen-bond donors (Lipinski definition) is 0. The Balaban J connectivity index is 1.63. The zero-order valence-corrected chi connectivity index (χ0v) is 12.2. The molecule has 0 aromatic carbocycles. The lowest BCUT2D eigenvalue weighted by atomic mass is 9.99. The molecule has 0 spiro atoms. The molecule has 2 aromatic heterocycles. The second kappa shape index (κ2) is 5.28. The van der Waals surface area contributed by atoms with Gasteiger partial charge < -0.3 is 9.47 Å². The summed E-state index contributed by atoms with van der Waals surface area (Å²) >= 11 is 1.50. The van der Waals surface area contributed by atoms with E-state index in [1.165, 1.54) is 23.8 Å². The smallest absolute Gasteiger partial charge is 0.204 e. The Labute approximate surface area is 117 Å². The van der Waals surface area contributed by atoms with Crippen LogP contribution in [0.1, 0.15) is 25.0 Å². The minimum absolute atomic E-state index is 0.667. The number of fused-ring (bicyclic) bond motifs is 1. The minimum Gasteiger partial charge on any atom is -0.350 e. The van der Waals surface area contributed by atoms with Crippen LogP contribution < -0.4 is 4.90 Å². The van der Waals surface area contributed by atoms with E-state index in [4.69, 9.17) is 0 Å². The number of rotatable bonds is 4. The SMILES string of the molecule is CCc1nsc(N(C)C[C@@H]2CCc3nccn3C2)n1. The molecule has 102 valence electrons. The van der Waals surface area contributed by atoms with Crippen molar-refractivity contribution in [2.75, 3.05) is 18.5 Å². The van der Waals surface area contributed by atoms with Gasteiger partial charge >= 0.3 is 0 Å². The molecule has 0 unspecified atom stereocenters. The first-order valence-corrected chi connectivity index (χ1v) is 7.57. The quantitative estimate of drug-likeness (QED) is 0.857. The normalized spacial score (nSPS) is 18.3. The largest absolute Gasteiger partial charge is 0.350 e. The van der Waals surface area contributed by atoms with Crippen molar-refractivity contribution in [3.63, 3.8) is 0 Å². The lowest BCUT2D eigenvalue weighted by Crippen LogP contribution is -2.31. The maximum Gasteiger partial charge on any atom is 0.204 e. The molecule has 0 aliphatic carbocycles. The summed E-state index contributed by atoms with van der Waals surface area (Å²) in [6, 6.07) is 0. The number of nitrogens with zero attached hydrogens (tertiary/aromatic N) is 5. The molecule has 3 heterocycles. The first-order chi connectivity index (χ1) is 9.26. The molecule has 0 fully saturated rings. The molecule has 0 saturated carbocycles. The Morgan fingerprint density at radius 2 is 2.42 bits per heavy atom. The van der Waals surface area contributed by atoms with Crippen molar-refractivity contribution in [2.24, 2.45) is 5.92 Å². The van der Waals surface area contributed by atoms with Crippen LogP contribution in [0.2, 0.25) is 0 Å². The van der Waals surface area contributed by atoms with E-state index in [0.717, 1.165) is 36.9 Å². The molecular formula is C13H19N5S. The highest BCUT2D eigenvalue weighted by Gasteiger charge is 2.21. The lowest BCUT2D eigenvalue weighted by Gasteiger charge is -2.27. The Kier molecular flexibility index (Phi) is 3.50. The molecule has 0 N–H and O–H groups in total. The monoisotopic (exact) mass is 277 g/mol. The fourth-order valence-corrected chi connectivity index (χ4v) is 3.31. The van der Waals surface area contributed by atoms with Crippen molar-refractivity contribution >= 4 is 16.7 Å². The highest BCUT2D eigenvalue weighted by Crippen LogP contribution is 2.23. The Bertz CT molecular complexity index is 547. The van der Waals surface area contributed by atoms with Gasteiger partial charge in [0.1, 0.15) is 11.6 Å². The van der Waals surface area contributed by atoms with Crippen LogP contribution in [-0.4, -0.2) is 32.5 Å². The van der Waals surface area contributed by atoms with Crippen molar-refractivity contribution < 1.29 is 0 Å². The predicted octanol–water partition coefficient (Wildman–Crippen LogP) is 2.00.